The van der Waals surface area contributed by atoms with E-state index in [0.29, 0.717) is 43.9 Å². The molecular weight excluding hydrogens is 238 g/mol. The molecule has 5 heteroatoms. The first-order valence-corrected chi connectivity index (χ1v) is 7.35. The molecule has 0 radical (unpaired) electrons. The zero-order valence-electron chi connectivity index (χ0n) is 10.4. The third-order valence-electron chi connectivity index (χ3n) is 3.44. The number of carbonyl (C=O) groups is 1. The van der Waals surface area contributed by atoms with Crippen molar-refractivity contribution in [1.29, 1.82) is 0 Å². The molecule has 100 valence electrons. The lowest BCUT2D eigenvalue weighted by molar-refractivity contribution is -0.144. The molecule has 1 aliphatic rings. The van der Waals surface area contributed by atoms with Crippen molar-refractivity contribution in [3.05, 3.63) is 0 Å². The maximum absolute atomic E-state index is 10.8. The van der Waals surface area contributed by atoms with Gasteiger partial charge in [0.1, 0.15) is 0 Å². The molecule has 4 N–H and O–H groups in total. The number of nitrogens with two attached hydrogens (primary N) is 1. The fourth-order valence-electron chi connectivity index (χ4n) is 2.06. The Morgan fingerprint density at radius 3 is 2.59 bits per heavy atom. The maximum atomic E-state index is 10.8. The minimum absolute atomic E-state index is 0.261. The zero-order valence-corrected chi connectivity index (χ0v) is 11.2. The van der Waals surface area contributed by atoms with Crippen LogP contribution in [0.25, 0.3) is 0 Å². The predicted molar refractivity (Wildman–Crippen MR) is 70.1 cm³/mol. The van der Waals surface area contributed by atoms with Gasteiger partial charge in [0.2, 0.25) is 0 Å². The highest BCUT2D eigenvalue weighted by atomic mass is 32.2. The highest BCUT2D eigenvalue weighted by molar-refractivity contribution is 7.99. The van der Waals surface area contributed by atoms with Gasteiger partial charge in [0.15, 0.2) is 0 Å². The average Bonchev–Trinajstić information content (AvgIpc) is 2.29. The van der Waals surface area contributed by atoms with Gasteiger partial charge in [-0.15, -0.1) is 0 Å². The summed E-state index contributed by atoms with van der Waals surface area (Å²) in [5.74, 6) is 1.14. The van der Waals surface area contributed by atoms with Crippen molar-refractivity contribution in [3.63, 3.8) is 0 Å². The van der Waals surface area contributed by atoms with E-state index in [4.69, 9.17) is 10.8 Å². The number of aliphatic hydroxyl groups is 1. The molecule has 0 amide bonds. The molecule has 0 bridgehead atoms. The molecule has 1 atom stereocenters. The minimum atomic E-state index is -0.726. The smallest absolute Gasteiger partial charge is 0.306 e. The van der Waals surface area contributed by atoms with Crippen molar-refractivity contribution < 1.29 is 15.0 Å². The number of hydrogen-bond acceptors (Lipinski definition) is 4. The second kappa shape index (κ2) is 6.61. The topological polar surface area (TPSA) is 83.5 Å². The first-order chi connectivity index (χ1) is 7.97. The van der Waals surface area contributed by atoms with Gasteiger partial charge >= 0.3 is 5.97 Å². The number of carboxylic acids is 1. The molecule has 0 aliphatic heterocycles. The van der Waals surface area contributed by atoms with E-state index in [1.54, 1.807) is 11.8 Å². The van der Waals surface area contributed by atoms with Crippen LogP contribution in [0.2, 0.25) is 0 Å². The highest BCUT2D eigenvalue weighted by Gasteiger charge is 2.35. The van der Waals surface area contributed by atoms with E-state index in [1.165, 1.54) is 0 Å². The Morgan fingerprint density at radius 2 is 2.12 bits per heavy atom. The first-order valence-electron chi connectivity index (χ1n) is 6.20. The molecule has 1 aliphatic carbocycles. The zero-order chi connectivity index (χ0) is 12.9. The second-order valence-corrected chi connectivity index (χ2v) is 6.22. The van der Waals surface area contributed by atoms with Crippen LogP contribution in [0, 0.1) is 11.8 Å². The lowest BCUT2D eigenvalue weighted by atomic mass is 9.80. The fourth-order valence-corrected chi connectivity index (χ4v) is 3.39. The predicted octanol–water partition coefficient (Wildman–Crippen LogP) is 1.32. The Bertz CT molecular complexity index is 252. The molecule has 17 heavy (non-hydrogen) atoms. The van der Waals surface area contributed by atoms with E-state index in [0.717, 1.165) is 5.75 Å². The Kier molecular flexibility index (Phi) is 5.76. The number of rotatable bonds is 6. The molecule has 4 nitrogen and oxygen atoms in total. The third kappa shape index (κ3) is 4.85. The lowest BCUT2D eigenvalue weighted by Gasteiger charge is -2.34. The molecule has 1 saturated carbocycles. The maximum Gasteiger partial charge on any atom is 0.306 e. The SMILES string of the molecule is CC(CN)CSCC1(O)CCC(C(=O)O)CC1. The van der Waals surface area contributed by atoms with Crippen molar-refractivity contribution in [2.45, 2.75) is 38.2 Å². The Morgan fingerprint density at radius 1 is 1.53 bits per heavy atom. The summed E-state index contributed by atoms with van der Waals surface area (Å²) in [7, 11) is 0. The normalized spacial score (nSPS) is 31.1. The molecular formula is C12H23NO3S. The van der Waals surface area contributed by atoms with Crippen LogP contribution < -0.4 is 5.73 Å². The molecule has 0 aromatic rings. The van der Waals surface area contributed by atoms with Crippen LogP contribution in [-0.2, 0) is 4.79 Å². The summed E-state index contributed by atoms with van der Waals surface area (Å²) in [5, 5.41) is 19.2. The van der Waals surface area contributed by atoms with Gasteiger partial charge in [-0.3, -0.25) is 4.79 Å². The largest absolute Gasteiger partial charge is 0.481 e. The van der Waals surface area contributed by atoms with E-state index in [1.807, 2.05) is 0 Å². The minimum Gasteiger partial charge on any atom is -0.481 e. The summed E-state index contributed by atoms with van der Waals surface area (Å²) >= 11 is 1.72. The standard InChI is InChI=1S/C12H23NO3S/c1-9(6-13)7-17-8-12(16)4-2-10(3-5-12)11(14)15/h9-10,16H,2-8,13H2,1H3,(H,14,15). The fraction of sp³-hybridized carbons (Fsp3) is 0.917. The summed E-state index contributed by atoms with van der Waals surface area (Å²) in [4.78, 5) is 10.8. The molecule has 1 rings (SSSR count). The molecule has 0 aromatic heterocycles. The van der Waals surface area contributed by atoms with E-state index in [9.17, 15) is 9.90 Å². The van der Waals surface area contributed by atoms with Crippen LogP contribution >= 0.6 is 11.8 Å². The average molecular weight is 261 g/mol. The Labute approximate surface area is 107 Å². The molecule has 0 heterocycles. The molecule has 0 aromatic carbocycles. The van der Waals surface area contributed by atoms with Crippen LogP contribution in [0.1, 0.15) is 32.6 Å². The molecule has 0 spiro atoms. The monoisotopic (exact) mass is 261 g/mol. The van der Waals surface area contributed by atoms with Crippen molar-refractivity contribution in [2.75, 3.05) is 18.1 Å². The molecule has 1 unspecified atom stereocenters. The van der Waals surface area contributed by atoms with Gasteiger partial charge in [0.05, 0.1) is 11.5 Å². The van der Waals surface area contributed by atoms with Crippen LogP contribution in [0.4, 0.5) is 0 Å². The van der Waals surface area contributed by atoms with Gasteiger partial charge in [-0.25, -0.2) is 0 Å². The van der Waals surface area contributed by atoms with Crippen molar-refractivity contribution in [3.8, 4) is 0 Å². The summed E-state index contributed by atoms with van der Waals surface area (Å²) in [6.07, 6.45) is 2.40. The van der Waals surface area contributed by atoms with Crippen molar-refractivity contribution in [2.24, 2.45) is 17.6 Å². The van der Waals surface area contributed by atoms with Crippen molar-refractivity contribution in [1.82, 2.24) is 0 Å². The van der Waals surface area contributed by atoms with Crippen LogP contribution in [0.3, 0.4) is 0 Å². The molecule has 0 saturated heterocycles. The summed E-state index contributed by atoms with van der Waals surface area (Å²) in [6, 6.07) is 0. The first kappa shape index (κ1) is 14.8. The quantitative estimate of drug-likeness (QED) is 0.671. The summed E-state index contributed by atoms with van der Waals surface area (Å²) in [6.45, 7) is 2.77. The second-order valence-electron chi connectivity index (χ2n) is 5.19. The van der Waals surface area contributed by atoms with Gasteiger partial charge in [-0.1, -0.05) is 6.92 Å². The molecule has 1 fully saturated rings. The summed E-state index contributed by atoms with van der Waals surface area (Å²) in [5.41, 5.74) is 4.87. The number of hydrogen-bond donors (Lipinski definition) is 3. The highest BCUT2D eigenvalue weighted by Crippen LogP contribution is 2.34. The lowest BCUT2D eigenvalue weighted by Crippen LogP contribution is -2.38. The van der Waals surface area contributed by atoms with Crippen molar-refractivity contribution >= 4 is 17.7 Å². The van der Waals surface area contributed by atoms with E-state index < -0.39 is 11.6 Å². The van der Waals surface area contributed by atoms with Gasteiger partial charge < -0.3 is 15.9 Å². The number of carboxylic acid groups (broad SMARTS) is 1. The summed E-state index contributed by atoms with van der Waals surface area (Å²) < 4.78 is 0. The van der Waals surface area contributed by atoms with Crippen LogP contribution in [0.15, 0.2) is 0 Å². The number of aliphatic carboxylic acids is 1. The Hall–Kier alpha value is -0.260. The van der Waals surface area contributed by atoms with E-state index in [-0.39, 0.29) is 5.92 Å². The Balaban J connectivity index is 2.27. The van der Waals surface area contributed by atoms with E-state index in [2.05, 4.69) is 6.92 Å². The van der Waals surface area contributed by atoms with Gasteiger partial charge in [0.25, 0.3) is 0 Å². The van der Waals surface area contributed by atoms with Gasteiger partial charge in [0, 0.05) is 5.75 Å². The van der Waals surface area contributed by atoms with Crippen LogP contribution in [0.5, 0.6) is 0 Å². The van der Waals surface area contributed by atoms with Gasteiger partial charge in [-0.05, 0) is 43.9 Å². The number of thioether (sulfide) groups is 1. The van der Waals surface area contributed by atoms with E-state index >= 15 is 0 Å². The van der Waals surface area contributed by atoms with Gasteiger partial charge in [-0.2, -0.15) is 11.8 Å². The van der Waals surface area contributed by atoms with Crippen LogP contribution in [-0.4, -0.2) is 39.8 Å². The third-order valence-corrected chi connectivity index (χ3v) is 4.99.